The number of hydrogen-bond donors (Lipinski definition) is 0. The summed E-state index contributed by atoms with van der Waals surface area (Å²) in [6.45, 7) is 7.62. The quantitative estimate of drug-likeness (QED) is 0.793. The zero-order valence-electron chi connectivity index (χ0n) is 10.9. The number of aryl methyl sites for hydroxylation is 3. The van der Waals surface area contributed by atoms with Crippen molar-refractivity contribution in [2.45, 2.75) is 38.3 Å². The largest absolute Gasteiger partial charge is 0.229 e. The first-order chi connectivity index (χ1) is 7.64. The van der Waals surface area contributed by atoms with E-state index in [1.54, 1.807) is 6.92 Å². The van der Waals surface area contributed by atoms with E-state index < -0.39 is 20.5 Å². The monoisotopic (exact) mass is 274 g/mol. The van der Waals surface area contributed by atoms with Gasteiger partial charge in [-0.3, -0.25) is 0 Å². The molecule has 2 unspecified atom stereocenters. The lowest BCUT2D eigenvalue weighted by molar-refractivity contribution is 0.586. The first kappa shape index (κ1) is 14.5. The van der Waals surface area contributed by atoms with Gasteiger partial charge in [0.05, 0.1) is 10.6 Å². The van der Waals surface area contributed by atoms with Crippen LogP contribution in [0, 0.1) is 20.8 Å². The predicted octanol–water partition coefficient (Wildman–Crippen LogP) is 3.32. The molecular weight excluding hydrogens is 256 g/mol. The van der Waals surface area contributed by atoms with Crippen LogP contribution >= 0.6 is 11.6 Å². The molecule has 2 nitrogen and oxygen atoms in total. The molecule has 0 aliphatic rings. The zero-order valence-corrected chi connectivity index (χ0v) is 12.5. The van der Waals surface area contributed by atoms with Crippen molar-refractivity contribution in [1.82, 2.24) is 0 Å². The summed E-state index contributed by atoms with van der Waals surface area (Å²) in [7, 11) is -3.13. The number of rotatable bonds is 3. The van der Waals surface area contributed by atoms with E-state index in [0.717, 1.165) is 16.7 Å². The summed E-state index contributed by atoms with van der Waals surface area (Å²) in [5, 5.41) is -1.07. The maximum atomic E-state index is 11.6. The van der Waals surface area contributed by atoms with Gasteiger partial charge in [-0.05, 0) is 44.4 Å². The lowest BCUT2D eigenvalue weighted by Crippen LogP contribution is -2.22. The fourth-order valence-electron chi connectivity index (χ4n) is 2.08. The van der Waals surface area contributed by atoms with Gasteiger partial charge in [-0.1, -0.05) is 17.7 Å². The number of sulfone groups is 1. The second-order valence-electron chi connectivity index (χ2n) is 4.75. The van der Waals surface area contributed by atoms with Crippen LogP contribution < -0.4 is 0 Å². The topological polar surface area (TPSA) is 34.1 Å². The highest BCUT2D eigenvalue weighted by Crippen LogP contribution is 2.33. The highest BCUT2D eigenvalue weighted by Gasteiger charge is 2.27. The van der Waals surface area contributed by atoms with Crippen LogP contribution in [-0.2, 0) is 9.84 Å². The van der Waals surface area contributed by atoms with E-state index >= 15 is 0 Å². The summed E-state index contributed by atoms with van der Waals surface area (Å²) in [6.07, 6.45) is 1.23. The van der Waals surface area contributed by atoms with E-state index in [1.165, 1.54) is 11.8 Å². The molecule has 0 aliphatic carbocycles. The van der Waals surface area contributed by atoms with Gasteiger partial charge >= 0.3 is 0 Å². The third kappa shape index (κ3) is 3.23. The van der Waals surface area contributed by atoms with Crippen LogP contribution in [0.15, 0.2) is 12.1 Å². The molecule has 2 atom stereocenters. The number of hydrogen-bond acceptors (Lipinski definition) is 2. The van der Waals surface area contributed by atoms with Crippen LogP contribution in [-0.4, -0.2) is 19.9 Å². The fourth-order valence-corrected chi connectivity index (χ4v) is 3.55. The maximum absolute atomic E-state index is 11.6. The second-order valence-corrected chi connectivity index (χ2v) is 7.62. The van der Waals surface area contributed by atoms with E-state index in [1.807, 2.05) is 32.9 Å². The second kappa shape index (κ2) is 4.99. The molecular formula is C13H19ClO2S. The molecule has 0 saturated carbocycles. The van der Waals surface area contributed by atoms with E-state index in [2.05, 4.69) is 0 Å². The molecule has 0 amide bonds. The van der Waals surface area contributed by atoms with Crippen molar-refractivity contribution in [2.24, 2.45) is 0 Å². The summed E-state index contributed by atoms with van der Waals surface area (Å²) in [5.41, 5.74) is 4.21. The Kier molecular flexibility index (Phi) is 4.26. The zero-order chi connectivity index (χ0) is 13.4. The van der Waals surface area contributed by atoms with E-state index in [-0.39, 0.29) is 0 Å². The first-order valence-electron chi connectivity index (χ1n) is 5.55. The van der Waals surface area contributed by atoms with E-state index in [4.69, 9.17) is 11.6 Å². The number of halogens is 1. The third-order valence-corrected chi connectivity index (χ3v) is 5.47. The summed E-state index contributed by atoms with van der Waals surface area (Å²) >= 11 is 6.33. The highest BCUT2D eigenvalue weighted by atomic mass is 35.5. The van der Waals surface area contributed by atoms with Crippen LogP contribution in [0.1, 0.15) is 34.6 Å². The van der Waals surface area contributed by atoms with Gasteiger partial charge in [-0.2, -0.15) is 0 Å². The van der Waals surface area contributed by atoms with E-state index in [9.17, 15) is 8.42 Å². The Morgan fingerprint density at radius 3 is 1.88 bits per heavy atom. The van der Waals surface area contributed by atoms with Gasteiger partial charge in [-0.15, -0.1) is 11.6 Å². The minimum absolute atomic E-state index is 0.495. The SMILES string of the molecule is Cc1cc(C)c(C(Cl)C(C)S(C)(=O)=O)c(C)c1. The van der Waals surface area contributed by atoms with Gasteiger partial charge in [0.15, 0.2) is 9.84 Å². The number of alkyl halides is 1. The Hall–Kier alpha value is -0.540. The lowest BCUT2D eigenvalue weighted by atomic mass is 9.96. The minimum atomic E-state index is -3.13. The summed E-state index contributed by atoms with van der Waals surface area (Å²) in [5.74, 6) is 0. The van der Waals surface area contributed by atoms with Crippen LogP contribution in [0.4, 0.5) is 0 Å². The molecule has 0 radical (unpaired) electrons. The lowest BCUT2D eigenvalue weighted by Gasteiger charge is -2.21. The van der Waals surface area contributed by atoms with E-state index in [0.29, 0.717) is 0 Å². The Bertz CT molecular complexity index is 497. The minimum Gasteiger partial charge on any atom is -0.229 e. The molecule has 0 aromatic heterocycles. The van der Waals surface area contributed by atoms with Crippen molar-refractivity contribution in [1.29, 1.82) is 0 Å². The molecule has 1 aromatic rings. The molecule has 96 valence electrons. The average Bonchev–Trinajstić information content (AvgIpc) is 2.13. The Balaban J connectivity index is 3.26. The third-order valence-electron chi connectivity index (χ3n) is 3.10. The van der Waals surface area contributed by atoms with Gasteiger partial charge in [0.1, 0.15) is 0 Å². The van der Waals surface area contributed by atoms with Crippen LogP contribution in [0.2, 0.25) is 0 Å². The Morgan fingerprint density at radius 1 is 1.12 bits per heavy atom. The molecule has 0 bridgehead atoms. The maximum Gasteiger partial charge on any atom is 0.151 e. The van der Waals surface area contributed by atoms with Crippen molar-refractivity contribution in [3.63, 3.8) is 0 Å². The molecule has 0 aliphatic heterocycles. The van der Waals surface area contributed by atoms with Gasteiger partial charge in [0.25, 0.3) is 0 Å². The van der Waals surface area contributed by atoms with Gasteiger partial charge in [0.2, 0.25) is 0 Å². The van der Waals surface area contributed by atoms with Crippen molar-refractivity contribution < 1.29 is 8.42 Å². The predicted molar refractivity (Wildman–Crippen MR) is 73.6 cm³/mol. The average molecular weight is 275 g/mol. The molecule has 0 heterocycles. The summed E-state index contributed by atoms with van der Waals surface area (Å²) in [6, 6.07) is 4.07. The summed E-state index contributed by atoms with van der Waals surface area (Å²) in [4.78, 5) is 0. The number of benzene rings is 1. The van der Waals surface area contributed by atoms with Crippen molar-refractivity contribution in [3.05, 3.63) is 34.4 Å². The molecule has 1 rings (SSSR count). The normalized spacial score (nSPS) is 15.6. The van der Waals surface area contributed by atoms with Gasteiger partial charge in [-0.25, -0.2) is 8.42 Å². The van der Waals surface area contributed by atoms with Crippen molar-refractivity contribution in [3.8, 4) is 0 Å². The van der Waals surface area contributed by atoms with Gasteiger partial charge in [0, 0.05) is 6.26 Å². The molecule has 0 N–H and O–H groups in total. The summed E-state index contributed by atoms with van der Waals surface area (Å²) < 4.78 is 23.1. The van der Waals surface area contributed by atoms with Crippen molar-refractivity contribution in [2.75, 3.05) is 6.26 Å². The standard InChI is InChI=1S/C13H19ClO2S/c1-8-6-9(2)12(10(3)7-8)13(14)11(4)17(5,15)16/h6-7,11,13H,1-5H3. The van der Waals surface area contributed by atoms with Gasteiger partial charge < -0.3 is 0 Å². The van der Waals surface area contributed by atoms with Crippen LogP contribution in [0.25, 0.3) is 0 Å². The molecule has 0 fully saturated rings. The van der Waals surface area contributed by atoms with Crippen LogP contribution in [0.5, 0.6) is 0 Å². The molecule has 4 heteroatoms. The first-order valence-corrected chi connectivity index (χ1v) is 7.94. The smallest absolute Gasteiger partial charge is 0.151 e. The molecule has 1 aromatic carbocycles. The Labute approximate surface area is 109 Å². The molecule has 0 spiro atoms. The van der Waals surface area contributed by atoms with Crippen molar-refractivity contribution >= 4 is 21.4 Å². The fraction of sp³-hybridized carbons (Fsp3) is 0.538. The Morgan fingerprint density at radius 2 is 1.53 bits per heavy atom. The highest BCUT2D eigenvalue weighted by molar-refractivity contribution is 7.91. The molecule has 17 heavy (non-hydrogen) atoms. The van der Waals surface area contributed by atoms with Crippen LogP contribution in [0.3, 0.4) is 0 Å². The molecule has 0 saturated heterocycles.